The molecule has 0 bridgehead atoms. The van der Waals surface area contributed by atoms with Crippen LogP contribution in [0.4, 0.5) is 0 Å². The fourth-order valence-corrected chi connectivity index (χ4v) is 3.83. The fraction of sp³-hybridized carbons (Fsp3) is 0.357. The van der Waals surface area contributed by atoms with E-state index in [1.807, 2.05) is 6.20 Å². The molecule has 1 atom stereocenters. The number of benzene rings is 1. The van der Waals surface area contributed by atoms with E-state index in [1.165, 1.54) is 31.9 Å². The highest BCUT2D eigenvalue weighted by molar-refractivity contribution is 9.10. The molecular weight excluding hydrogens is 308 g/mol. The molecule has 1 aromatic heterocycles. The van der Waals surface area contributed by atoms with Gasteiger partial charge in [0.05, 0.1) is 0 Å². The molecule has 18 heavy (non-hydrogen) atoms. The standard InChI is InChI=1S/C14H15BrN2S/c1-9-7-17-14(18-9)8-16-13-6-5-10-11(13)3-2-4-12(10)15/h2-4,7,13,16H,5-6,8H2,1H3. The van der Waals surface area contributed by atoms with Gasteiger partial charge >= 0.3 is 0 Å². The molecule has 1 aliphatic rings. The van der Waals surface area contributed by atoms with Gasteiger partial charge in [0, 0.05) is 28.1 Å². The van der Waals surface area contributed by atoms with Crippen molar-refractivity contribution in [2.45, 2.75) is 32.4 Å². The van der Waals surface area contributed by atoms with Crippen LogP contribution in [0.1, 0.15) is 33.5 Å². The second-order valence-electron chi connectivity index (χ2n) is 4.64. The third-order valence-corrected chi connectivity index (χ3v) is 5.04. The topological polar surface area (TPSA) is 24.9 Å². The Morgan fingerprint density at radius 3 is 3.17 bits per heavy atom. The second-order valence-corrected chi connectivity index (χ2v) is 6.82. The Kier molecular flexibility index (Phi) is 3.50. The zero-order valence-corrected chi connectivity index (χ0v) is 12.6. The van der Waals surface area contributed by atoms with E-state index >= 15 is 0 Å². The third kappa shape index (κ3) is 2.37. The molecule has 3 rings (SSSR count). The van der Waals surface area contributed by atoms with Gasteiger partial charge in [-0.25, -0.2) is 4.98 Å². The number of thiazole rings is 1. The van der Waals surface area contributed by atoms with Gasteiger partial charge in [-0.05, 0) is 37.0 Å². The lowest BCUT2D eigenvalue weighted by atomic mass is 10.1. The Morgan fingerprint density at radius 2 is 2.39 bits per heavy atom. The molecule has 0 aliphatic heterocycles. The van der Waals surface area contributed by atoms with Gasteiger partial charge < -0.3 is 5.32 Å². The summed E-state index contributed by atoms with van der Waals surface area (Å²) in [7, 11) is 0. The molecule has 94 valence electrons. The number of aryl methyl sites for hydroxylation is 1. The highest BCUT2D eigenvalue weighted by Crippen LogP contribution is 2.35. The number of fused-ring (bicyclic) bond motifs is 1. The summed E-state index contributed by atoms with van der Waals surface area (Å²) in [5, 5.41) is 4.80. The molecule has 0 saturated heterocycles. The van der Waals surface area contributed by atoms with Crippen LogP contribution in [0.25, 0.3) is 0 Å². The summed E-state index contributed by atoms with van der Waals surface area (Å²) in [6.45, 7) is 2.97. The smallest absolute Gasteiger partial charge is 0.107 e. The first-order valence-electron chi connectivity index (χ1n) is 6.16. The number of aromatic nitrogens is 1. The summed E-state index contributed by atoms with van der Waals surface area (Å²) in [5.74, 6) is 0. The Hall–Kier alpha value is -0.710. The van der Waals surface area contributed by atoms with E-state index in [2.05, 4.69) is 51.4 Å². The summed E-state index contributed by atoms with van der Waals surface area (Å²) < 4.78 is 1.24. The largest absolute Gasteiger partial charge is 0.304 e. The van der Waals surface area contributed by atoms with Gasteiger partial charge in [-0.3, -0.25) is 0 Å². The van der Waals surface area contributed by atoms with Crippen molar-refractivity contribution in [2.75, 3.05) is 0 Å². The minimum absolute atomic E-state index is 0.474. The van der Waals surface area contributed by atoms with E-state index in [0.717, 1.165) is 13.0 Å². The lowest BCUT2D eigenvalue weighted by Gasteiger charge is -2.13. The van der Waals surface area contributed by atoms with E-state index in [-0.39, 0.29) is 0 Å². The first-order chi connectivity index (χ1) is 8.74. The zero-order chi connectivity index (χ0) is 12.5. The van der Waals surface area contributed by atoms with Crippen molar-refractivity contribution in [3.63, 3.8) is 0 Å². The maximum Gasteiger partial charge on any atom is 0.107 e. The average molecular weight is 323 g/mol. The van der Waals surface area contributed by atoms with Crippen LogP contribution < -0.4 is 5.32 Å². The van der Waals surface area contributed by atoms with Crippen LogP contribution in [0, 0.1) is 6.92 Å². The quantitative estimate of drug-likeness (QED) is 0.924. The van der Waals surface area contributed by atoms with Crippen LogP contribution >= 0.6 is 27.3 Å². The van der Waals surface area contributed by atoms with Crippen LogP contribution in [0.5, 0.6) is 0 Å². The van der Waals surface area contributed by atoms with Crippen molar-refractivity contribution < 1.29 is 0 Å². The van der Waals surface area contributed by atoms with E-state index in [9.17, 15) is 0 Å². The van der Waals surface area contributed by atoms with E-state index in [4.69, 9.17) is 0 Å². The van der Waals surface area contributed by atoms with Gasteiger partial charge in [-0.2, -0.15) is 0 Å². The highest BCUT2D eigenvalue weighted by atomic mass is 79.9. The maximum absolute atomic E-state index is 4.40. The number of halogens is 1. The van der Waals surface area contributed by atoms with Gasteiger partial charge in [0.2, 0.25) is 0 Å². The van der Waals surface area contributed by atoms with Crippen LogP contribution in [-0.2, 0) is 13.0 Å². The summed E-state index contributed by atoms with van der Waals surface area (Å²) in [4.78, 5) is 5.68. The normalized spacial score (nSPS) is 18.0. The molecule has 0 radical (unpaired) electrons. The van der Waals surface area contributed by atoms with Crippen molar-refractivity contribution in [2.24, 2.45) is 0 Å². The number of nitrogens with zero attached hydrogens (tertiary/aromatic N) is 1. The zero-order valence-electron chi connectivity index (χ0n) is 10.2. The first-order valence-corrected chi connectivity index (χ1v) is 7.77. The SMILES string of the molecule is Cc1cnc(CNC2CCc3c(Br)cccc32)s1. The van der Waals surface area contributed by atoms with E-state index in [1.54, 1.807) is 11.3 Å². The van der Waals surface area contributed by atoms with Crippen molar-refractivity contribution >= 4 is 27.3 Å². The monoisotopic (exact) mass is 322 g/mol. The van der Waals surface area contributed by atoms with Crippen molar-refractivity contribution in [1.82, 2.24) is 10.3 Å². The summed E-state index contributed by atoms with van der Waals surface area (Å²) in [5.41, 5.74) is 2.91. The van der Waals surface area contributed by atoms with Crippen molar-refractivity contribution in [1.29, 1.82) is 0 Å². The minimum Gasteiger partial charge on any atom is -0.304 e. The van der Waals surface area contributed by atoms with Gasteiger partial charge in [0.15, 0.2) is 0 Å². The number of hydrogen-bond donors (Lipinski definition) is 1. The third-order valence-electron chi connectivity index (χ3n) is 3.38. The lowest BCUT2D eigenvalue weighted by molar-refractivity contribution is 0.529. The minimum atomic E-state index is 0.474. The molecular formula is C14H15BrN2S. The summed E-state index contributed by atoms with van der Waals surface area (Å²) in [6, 6.07) is 6.96. The molecule has 2 aromatic rings. The van der Waals surface area contributed by atoms with Gasteiger partial charge in [-0.1, -0.05) is 28.1 Å². The van der Waals surface area contributed by atoms with Gasteiger partial charge in [0.1, 0.15) is 5.01 Å². The Labute approximate surface area is 120 Å². The van der Waals surface area contributed by atoms with Crippen molar-refractivity contribution in [3.8, 4) is 0 Å². The Morgan fingerprint density at radius 1 is 1.50 bits per heavy atom. The molecule has 0 amide bonds. The molecule has 1 N–H and O–H groups in total. The predicted molar refractivity (Wildman–Crippen MR) is 78.9 cm³/mol. The first kappa shape index (κ1) is 12.3. The van der Waals surface area contributed by atoms with Crippen molar-refractivity contribution in [3.05, 3.63) is 49.9 Å². The lowest BCUT2D eigenvalue weighted by Crippen LogP contribution is -2.18. The fourth-order valence-electron chi connectivity index (χ4n) is 2.52. The Bertz CT molecular complexity index is 565. The van der Waals surface area contributed by atoms with Crippen LogP contribution in [0.3, 0.4) is 0 Å². The molecule has 4 heteroatoms. The summed E-state index contributed by atoms with van der Waals surface area (Å²) in [6.07, 6.45) is 4.29. The van der Waals surface area contributed by atoms with Crippen LogP contribution in [-0.4, -0.2) is 4.98 Å². The molecule has 1 unspecified atom stereocenters. The molecule has 0 spiro atoms. The molecule has 1 aliphatic carbocycles. The maximum atomic E-state index is 4.40. The molecule has 0 fully saturated rings. The number of nitrogens with one attached hydrogen (secondary N) is 1. The highest BCUT2D eigenvalue weighted by Gasteiger charge is 2.23. The second kappa shape index (κ2) is 5.11. The number of rotatable bonds is 3. The van der Waals surface area contributed by atoms with E-state index < -0.39 is 0 Å². The summed E-state index contributed by atoms with van der Waals surface area (Å²) >= 11 is 5.41. The average Bonchev–Trinajstić information content (AvgIpc) is 2.94. The van der Waals surface area contributed by atoms with Gasteiger partial charge in [0.25, 0.3) is 0 Å². The van der Waals surface area contributed by atoms with Crippen LogP contribution in [0.15, 0.2) is 28.9 Å². The van der Waals surface area contributed by atoms with Gasteiger partial charge in [-0.15, -0.1) is 11.3 Å². The van der Waals surface area contributed by atoms with Crippen LogP contribution in [0.2, 0.25) is 0 Å². The van der Waals surface area contributed by atoms with E-state index in [0.29, 0.717) is 6.04 Å². The number of hydrogen-bond acceptors (Lipinski definition) is 3. The predicted octanol–water partition coefficient (Wildman–Crippen LogP) is 3.99. The molecule has 1 aromatic carbocycles. The molecule has 1 heterocycles. The molecule has 0 saturated carbocycles. The Balaban J connectivity index is 1.71. The molecule has 2 nitrogen and oxygen atoms in total.